The number of hydrogen-bond acceptors (Lipinski definition) is 5. The maximum Gasteiger partial charge on any atom is 0.255 e. The summed E-state index contributed by atoms with van der Waals surface area (Å²) in [7, 11) is 0. The van der Waals surface area contributed by atoms with E-state index in [1.165, 1.54) is 44.3 Å². The van der Waals surface area contributed by atoms with Crippen LogP contribution in [0.2, 0.25) is 0 Å². The molecule has 7 heteroatoms. The summed E-state index contributed by atoms with van der Waals surface area (Å²) in [6.07, 6.45) is 6.20. The summed E-state index contributed by atoms with van der Waals surface area (Å²) in [4.78, 5) is 41.0. The molecule has 3 atom stereocenters. The Bertz CT molecular complexity index is 1160. The van der Waals surface area contributed by atoms with E-state index in [1.54, 1.807) is 11.0 Å². The van der Waals surface area contributed by atoms with Crippen LogP contribution in [0, 0.1) is 11.8 Å². The quantitative estimate of drug-likeness (QED) is 0.630. The van der Waals surface area contributed by atoms with Crippen LogP contribution in [0.4, 0.5) is 0 Å². The van der Waals surface area contributed by atoms with Crippen LogP contribution in [0.3, 0.4) is 0 Å². The Morgan fingerprint density at radius 2 is 1.61 bits per heavy atom. The Balaban J connectivity index is 1.07. The second kappa shape index (κ2) is 9.69. The molecule has 188 valence electrons. The lowest BCUT2D eigenvalue weighted by Crippen LogP contribution is -2.52. The van der Waals surface area contributed by atoms with Crippen molar-refractivity contribution in [2.75, 3.05) is 13.1 Å². The minimum absolute atomic E-state index is 0.184. The van der Waals surface area contributed by atoms with E-state index in [0.29, 0.717) is 30.9 Å². The van der Waals surface area contributed by atoms with E-state index in [1.807, 2.05) is 12.1 Å². The fourth-order valence-electron chi connectivity index (χ4n) is 6.48. The average molecular weight is 488 g/mol. The van der Waals surface area contributed by atoms with Crippen molar-refractivity contribution in [1.29, 1.82) is 0 Å². The van der Waals surface area contributed by atoms with E-state index in [4.69, 9.17) is 4.74 Å². The lowest BCUT2D eigenvalue weighted by molar-refractivity contribution is -0.136. The molecule has 7 nitrogen and oxygen atoms in total. The summed E-state index contributed by atoms with van der Waals surface area (Å²) < 4.78 is 6.16. The van der Waals surface area contributed by atoms with Crippen LogP contribution in [-0.4, -0.2) is 46.7 Å². The normalized spacial score (nSPS) is 26.1. The zero-order chi connectivity index (χ0) is 24.6. The van der Waals surface area contributed by atoms with Gasteiger partial charge in [-0.15, -0.1) is 0 Å². The summed E-state index contributed by atoms with van der Waals surface area (Å²) in [5, 5.41) is 2.35. The van der Waals surface area contributed by atoms with Crippen molar-refractivity contribution in [3.63, 3.8) is 0 Å². The third-order valence-corrected chi connectivity index (χ3v) is 8.41. The number of carbonyl (C=O) groups excluding carboxylic acids is 3. The van der Waals surface area contributed by atoms with Crippen molar-refractivity contribution >= 4 is 17.7 Å². The molecular formula is C29H33N3O4. The molecule has 1 saturated carbocycles. The van der Waals surface area contributed by atoms with Crippen molar-refractivity contribution in [1.82, 2.24) is 15.1 Å². The van der Waals surface area contributed by atoms with Crippen LogP contribution in [-0.2, 0) is 29.3 Å². The lowest BCUT2D eigenvalue weighted by Gasteiger charge is -2.29. The van der Waals surface area contributed by atoms with E-state index >= 15 is 0 Å². The van der Waals surface area contributed by atoms with Crippen LogP contribution < -0.4 is 10.1 Å². The number of nitrogens with zero attached hydrogens (tertiary/aromatic N) is 2. The molecule has 3 amide bonds. The summed E-state index contributed by atoms with van der Waals surface area (Å²) in [6.45, 7) is 4.22. The number of likely N-dealkylation sites (tertiary alicyclic amines) is 1. The number of hydrogen-bond donors (Lipinski definition) is 1. The molecule has 6 rings (SSSR count). The lowest BCUT2D eigenvalue weighted by atomic mass is 9.82. The molecule has 0 bridgehead atoms. The predicted molar refractivity (Wildman–Crippen MR) is 134 cm³/mol. The van der Waals surface area contributed by atoms with Gasteiger partial charge in [0, 0.05) is 37.2 Å². The first-order valence-corrected chi connectivity index (χ1v) is 13.2. The van der Waals surface area contributed by atoms with Gasteiger partial charge in [-0.1, -0.05) is 43.2 Å². The molecule has 3 heterocycles. The van der Waals surface area contributed by atoms with Gasteiger partial charge in [0.05, 0.1) is 6.54 Å². The van der Waals surface area contributed by atoms with Gasteiger partial charge in [0.2, 0.25) is 11.8 Å². The third kappa shape index (κ3) is 4.52. The number of rotatable bonds is 6. The van der Waals surface area contributed by atoms with Gasteiger partial charge in [-0.2, -0.15) is 0 Å². The Morgan fingerprint density at radius 1 is 0.889 bits per heavy atom. The Labute approximate surface area is 211 Å². The standard InChI is InChI=1S/C29H33N3O4/c33-27-13-12-25(28(34)30-27)32-17-24-23(29(32)35)6-3-7-26(24)36-18-20-10-8-19(9-11-20)14-31-15-21-4-1-2-5-22(21)16-31/h3,6-11,21-22,25H,1-2,4-5,12-18H2,(H,30,33,34). The highest BCUT2D eigenvalue weighted by molar-refractivity contribution is 6.05. The molecule has 4 aliphatic rings. The first-order valence-electron chi connectivity index (χ1n) is 13.2. The molecule has 2 saturated heterocycles. The highest BCUT2D eigenvalue weighted by Gasteiger charge is 2.40. The van der Waals surface area contributed by atoms with Crippen molar-refractivity contribution in [2.45, 2.75) is 64.3 Å². The molecule has 3 aliphatic heterocycles. The van der Waals surface area contributed by atoms with Gasteiger partial charge in [-0.25, -0.2) is 0 Å². The van der Waals surface area contributed by atoms with Gasteiger partial charge in [-0.3, -0.25) is 24.6 Å². The predicted octanol–water partition coefficient (Wildman–Crippen LogP) is 3.65. The third-order valence-electron chi connectivity index (χ3n) is 8.41. The summed E-state index contributed by atoms with van der Waals surface area (Å²) in [6, 6.07) is 13.5. The second-order valence-electron chi connectivity index (χ2n) is 10.8. The zero-order valence-corrected chi connectivity index (χ0v) is 20.6. The molecule has 3 unspecified atom stereocenters. The summed E-state index contributed by atoms with van der Waals surface area (Å²) in [5.41, 5.74) is 3.79. The number of nitrogens with one attached hydrogen (secondary N) is 1. The summed E-state index contributed by atoms with van der Waals surface area (Å²) in [5.74, 6) is 1.60. The molecule has 1 N–H and O–H groups in total. The number of piperidine rings is 1. The van der Waals surface area contributed by atoms with Crippen LogP contribution in [0.15, 0.2) is 42.5 Å². The topological polar surface area (TPSA) is 79.0 Å². The number of fused-ring (bicyclic) bond motifs is 2. The number of amides is 3. The molecule has 3 fully saturated rings. The maximum absolute atomic E-state index is 13.0. The van der Waals surface area contributed by atoms with Gasteiger partial charge in [0.1, 0.15) is 18.4 Å². The van der Waals surface area contributed by atoms with Crippen molar-refractivity contribution in [3.8, 4) is 5.75 Å². The fourth-order valence-corrected chi connectivity index (χ4v) is 6.48. The highest BCUT2D eigenvalue weighted by atomic mass is 16.5. The smallest absolute Gasteiger partial charge is 0.255 e. The number of benzene rings is 2. The van der Waals surface area contributed by atoms with Crippen LogP contribution in [0.1, 0.15) is 65.6 Å². The van der Waals surface area contributed by atoms with E-state index in [0.717, 1.165) is 29.5 Å². The van der Waals surface area contributed by atoms with E-state index in [2.05, 4.69) is 34.5 Å². The molecule has 2 aromatic rings. The fraction of sp³-hybridized carbons (Fsp3) is 0.483. The zero-order valence-electron chi connectivity index (χ0n) is 20.6. The number of imide groups is 1. The van der Waals surface area contributed by atoms with Crippen molar-refractivity contribution in [3.05, 3.63) is 64.7 Å². The Kier molecular flexibility index (Phi) is 6.25. The van der Waals surface area contributed by atoms with Crippen LogP contribution >= 0.6 is 0 Å². The minimum Gasteiger partial charge on any atom is -0.489 e. The molecule has 36 heavy (non-hydrogen) atoms. The molecule has 1 aliphatic carbocycles. The van der Waals surface area contributed by atoms with Gasteiger partial charge in [-0.05, 0) is 54.4 Å². The monoisotopic (exact) mass is 487 g/mol. The van der Waals surface area contributed by atoms with E-state index in [9.17, 15) is 14.4 Å². The van der Waals surface area contributed by atoms with E-state index in [-0.39, 0.29) is 18.2 Å². The van der Waals surface area contributed by atoms with Crippen molar-refractivity contribution < 1.29 is 19.1 Å². The first kappa shape index (κ1) is 23.2. The molecular weight excluding hydrogens is 454 g/mol. The molecule has 0 spiro atoms. The van der Waals surface area contributed by atoms with Gasteiger partial charge in [0.15, 0.2) is 0 Å². The largest absolute Gasteiger partial charge is 0.489 e. The van der Waals surface area contributed by atoms with Gasteiger partial charge in [0.25, 0.3) is 5.91 Å². The van der Waals surface area contributed by atoms with E-state index < -0.39 is 11.9 Å². The Morgan fingerprint density at radius 3 is 2.33 bits per heavy atom. The maximum atomic E-state index is 13.0. The molecule has 0 radical (unpaired) electrons. The summed E-state index contributed by atoms with van der Waals surface area (Å²) >= 11 is 0. The minimum atomic E-state index is -0.623. The molecule has 2 aromatic carbocycles. The first-order chi connectivity index (χ1) is 17.5. The highest BCUT2D eigenvalue weighted by Crippen LogP contribution is 2.37. The Hall–Kier alpha value is -3.19. The second-order valence-corrected chi connectivity index (χ2v) is 10.8. The number of carbonyl (C=O) groups is 3. The van der Waals surface area contributed by atoms with Crippen LogP contribution in [0.25, 0.3) is 0 Å². The van der Waals surface area contributed by atoms with Gasteiger partial charge >= 0.3 is 0 Å². The van der Waals surface area contributed by atoms with Gasteiger partial charge < -0.3 is 9.64 Å². The van der Waals surface area contributed by atoms with Crippen LogP contribution in [0.5, 0.6) is 5.75 Å². The number of ether oxygens (including phenoxy) is 1. The van der Waals surface area contributed by atoms with Crippen molar-refractivity contribution in [2.24, 2.45) is 11.8 Å². The average Bonchev–Trinajstić information content (AvgIpc) is 3.44. The molecule has 0 aromatic heterocycles. The SMILES string of the molecule is O=C1CCC(N2Cc3c(OCc4ccc(CN5CC6CCCCC6C5)cc4)cccc3C2=O)C(=O)N1.